The zero-order valence-corrected chi connectivity index (χ0v) is 14.9. The van der Waals surface area contributed by atoms with Crippen LogP contribution in [0.4, 0.5) is 19.0 Å². The van der Waals surface area contributed by atoms with E-state index in [2.05, 4.69) is 15.5 Å². The van der Waals surface area contributed by atoms with Crippen molar-refractivity contribution < 1.29 is 18.0 Å². The molecule has 0 aliphatic carbocycles. The normalized spacial score (nSPS) is 11.6. The average Bonchev–Trinajstić information content (AvgIpc) is 3.11. The summed E-state index contributed by atoms with van der Waals surface area (Å²) in [5.74, 6) is -0.634. The highest BCUT2D eigenvalue weighted by Gasteiger charge is 2.35. The van der Waals surface area contributed by atoms with Gasteiger partial charge in [0.25, 0.3) is 0 Å². The van der Waals surface area contributed by atoms with E-state index >= 15 is 0 Å². The first kappa shape index (κ1) is 19.0. The van der Waals surface area contributed by atoms with Gasteiger partial charge in [0.15, 0.2) is 5.82 Å². The number of anilines is 1. The van der Waals surface area contributed by atoms with Crippen LogP contribution in [0.5, 0.6) is 0 Å². The van der Waals surface area contributed by atoms with Crippen molar-refractivity contribution in [2.45, 2.75) is 26.2 Å². The van der Waals surface area contributed by atoms with E-state index in [0.717, 1.165) is 11.6 Å². The number of carbonyl (C=O) groups excluding carboxylic acids is 1. The summed E-state index contributed by atoms with van der Waals surface area (Å²) in [6, 6.07) is 10.4. The second kappa shape index (κ2) is 7.43. The zero-order valence-electron chi connectivity index (χ0n) is 14.2. The van der Waals surface area contributed by atoms with E-state index in [-0.39, 0.29) is 16.5 Å². The van der Waals surface area contributed by atoms with Crippen LogP contribution in [0.25, 0.3) is 0 Å². The van der Waals surface area contributed by atoms with Crippen LogP contribution in [0.2, 0.25) is 5.02 Å². The lowest BCUT2D eigenvalue weighted by Crippen LogP contribution is -2.24. The third kappa shape index (κ3) is 4.68. The molecule has 10 heteroatoms. The average molecular weight is 398 g/mol. The summed E-state index contributed by atoms with van der Waals surface area (Å²) in [7, 11) is 0. The van der Waals surface area contributed by atoms with Crippen molar-refractivity contribution in [1.29, 1.82) is 0 Å². The lowest BCUT2D eigenvalue weighted by atomic mass is 10.2. The lowest BCUT2D eigenvalue weighted by Gasteiger charge is -2.10. The van der Waals surface area contributed by atoms with Gasteiger partial charge in [0, 0.05) is 6.20 Å². The highest BCUT2D eigenvalue weighted by molar-refractivity contribution is 6.33. The van der Waals surface area contributed by atoms with Gasteiger partial charge in [-0.25, -0.2) is 0 Å². The van der Waals surface area contributed by atoms with Crippen LogP contribution >= 0.6 is 11.6 Å². The van der Waals surface area contributed by atoms with Gasteiger partial charge in [0.2, 0.25) is 5.91 Å². The third-order valence-electron chi connectivity index (χ3n) is 3.65. The number of aryl methyl sites for hydroxylation is 1. The van der Waals surface area contributed by atoms with Gasteiger partial charge in [0.05, 0.1) is 12.2 Å². The van der Waals surface area contributed by atoms with Crippen molar-refractivity contribution in [3.8, 4) is 0 Å². The Morgan fingerprint density at radius 2 is 1.93 bits per heavy atom. The quantitative estimate of drug-likeness (QED) is 0.713. The fourth-order valence-electron chi connectivity index (χ4n) is 2.54. The van der Waals surface area contributed by atoms with Gasteiger partial charge in [-0.05, 0) is 18.6 Å². The number of aromatic nitrogens is 4. The second-order valence-corrected chi connectivity index (χ2v) is 6.29. The van der Waals surface area contributed by atoms with Crippen LogP contribution in [0, 0.1) is 6.92 Å². The summed E-state index contributed by atoms with van der Waals surface area (Å²) in [6.45, 7) is 1.25. The molecule has 0 saturated carbocycles. The van der Waals surface area contributed by atoms with Gasteiger partial charge in [-0.3, -0.25) is 14.2 Å². The molecule has 0 saturated heterocycles. The van der Waals surface area contributed by atoms with E-state index in [1.54, 1.807) is 0 Å². The summed E-state index contributed by atoms with van der Waals surface area (Å²) in [5.41, 5.74) is 0.160. The molecule has 1 aromatic carbocycles. The molecule has 27 heavy (non-hydrogen) atoms. The molecule has 0 atom stereocenters. The fraction of sp³-hybridized carbons (Fsp3) is 0.235. The second-order valence-electron chi connectivity index (χ2n) is 5.88. The van der Waals surface area contributed by atoms with Crippen LogP contribution < -0.4 is 5.32 Å². The summed E-state index contributed by atoms with van der Waals surface area (Å²) in [5, 5.41) is 10.5. The summed E-state index contributed by atoms with van der Waals surface area (Å²) < 4.78 is 41.1. The fourth-order valence-corrected chi connectivity index (χ4v) is 2.73. The van der Waals surface area contributed by atoms with Gasteiger partial charge in [0.1, 0.15) is 17.3 Å². The Morgan fingerprint density at radius 1 is 1.22 bits per heavy atom. The minimum Gasteiger partial charge on any atom is -0.306 e. The van der Waals surface area contributed by atoms with Crippen molar-refractivity contribution in [2.75, 3.05) is 5.32 Å². The Labute approximate surface area is 157 Å². The monoisotopic (exact) mass is 397 g/mol. The van der Waals surface area contributed by atoms with Gasteiger partial charge in [-0.1, -0.05) is 41.9 Å². The molecule has 0 radical (unpaired) electrons. The van der Waals surface area contributed by atoms with Crippen molar-refractivity contribution >= 4 is 23.3 Å². The van der Waals surface area contributed by atoms with Crippen LogP contribution in [-0.2, 0) is 24.1 Å². The van der Waals surface area contributed by atoms with Crippen LogP contribution in [0.3, 0.4) is 0 Å². The Hall–Kier alpha value is -2.81. The number of amides is 1. The highest BCUT2D eigenvalue weighted by Crippen LogP contribution is 2.29. The van der Waals surface area contributed by atoms with E-state index in [9.17, 15) is 18.0 Å². The Balaban J connectivity index is 1.70. The third-order valence-corrected chi connectivity index (χ3v) is 3.92. The Kier molecular flexibility index (Phi) is 5.22. The molecule has 0 unspecified atom stereocenters. The molecule has 0 spiro atoms. The van der Waals surface area contributed by atoms with Crippen molar-refractivity contribution in [1.82, 2.24) is 19.6 Å². The highest BCUT2D eigenvalue weighted by atomic mass is 35.5. The molecule has 0 aliphatic heterocycles. The molecule has 0 aliphatic rings. The number of hydrogen-bond acceptors (Lipinski definition) is 3. The molecule has 1 N–H and O–H groups in total. The predicted molar refractivity (Wildman–Crippen MR) is 93.4 cm³/mol. The number of hydrogen-bond donors (Lipinski definition) is 1. The molecule has 3 rings (SSSR count). The number of halogens is 4. The number of nitrogens with one attached hydrogen (secondary N) is 1. The largest absolute Gasteiger partial charge is 0.433 e. The molecule has 6 nitrogen and oxygen atoms in total. The van der Waals surface area contributed by atoms with E-state index in [4.69, 9.17) is 11.6 Å². The molecule has 2 aromatic heterocycles. The first-order chi connectivity index (χ1) is 12.7. The predicted octanol–water partition coefficient (Wildman–Crippen LogP) is 3.75. The van der Waals surface area contributed by atoms with Crippen LogP contribution in [0.1, 0.15) is 17.0 Å². The van der Waals surface area contributed by atoms with Crippen LogP contribution in [0.15, 0.2) is 42.6 Å². The van der Waals surface area contributed by atoms with Crippen molar-refractivity contribution in [2.24, 2.45) is 0 Å². The minimum atomic E-state index is -4.60. The first-order valence-electron chi connectivity index (χ1n) is 7.91. The SMILES string of the molecule is Cc1cc(C(F)(F)F)n(CC(=O)Nc2nn(Cc3ccccc3)cc2Cl)n1. The molecule has 3 aromatic rings. The van der Waals surface area contributed by atoms with E-state index in [0.29, 0.717) is 11.2 Å². The maximum absolute atomic E-state index is 13.0. The molecular formula is C17H15ClF3N5O. The number of benzene rings is 1. The molecule has 142 valence electrons. The van der Waals surface area contributed by atoms with Crippen molar-refractivity contribution in [3.05, 3.63) is 64.6 Å². The summed E-state index contributed by atoms with van der Waals surface area (Å²) >= 11 is 6.07. The lowest BCUT2D eigenvalue weighted by molar-refractivity contribution is -0.144. The molecule has 1 amide bonds. The van der Waals surface area contributed by atoms with Gasteiger partial charge in [-0.15, -0.1) is 0 Å². The molecule has 2 heterocycles. The Morgan fingerprint density at radius 3 is 2.59 bits per heavy atom. The first-order valence-corrected chi connectivity index (χ1v) is 8.28. The topological polar surface area (TPSA) is 64.7 Å². The maximum Gasteiger partial charge on any atom is 0.433 e. The standard InChI is InChI=1S/C17H15ClF3N5O/c1-11-7-14(17(19,20)21)26(23-11)10-15(27)22-16-13(18)9-25(24-16)8-12-5-3-2-4-6-12/h2-7,9H,8,10H2,1H3,(H,22,24,27). The molecular weight excluding hydrogens is 383 g/mol. The maximum atomic E-state index is 13.0. The van der Waals surface area contributed by atoms with Gasteiger partial charge >= 0.3 is 6.18 Å². The number of alkyl halides is 3. The molecule has 0 fully saturated rings. The van der Waals surface area contributed by atoms with Crippen LogP contribution in [-0.4, -0.2) is 25.5 Å². The number of nitrogens with zero attached hydrogens (tertiary/aromatic N) is 4. The number of rotatable bonds is 5. The zero-order chi connectivity index (χ0) is 19.6. The van der Waals surface area contributed by atoms with E-state index in [1.165, 1.54) is 17.8 Å². The van der Waals surface area contributed by atoms with Gasteiger partial charge in [-0.2, -0.15) is 23.4 Å². The van der Waals surface area contributed by atoms with E-state index < -0.39 is 24.3 Å². The smallest absolute Gasteiger partial charge is 0.306 e. The number of carbonyl (C=O) groups is 1. The minimum absolute atomic E-state index is 0.0787. The van der Waals surface area contributed by atoms with Gasteiger partial charge < -0.3 is 5.32 Å². The van der Waals surface area contributed by atoms with E-state index in [1.807, 2.05) is 30.3 Å². The Bertz CT molecular complexity index is 949. The summed E-state index contributed by atoms with van der Waals surface area (Å²) in [4.78, 5) is 12.1. The van der Waals surface area contributed by atoms with Crippen molar-refractivity contribution in [3.63, 3.8) is 0 Å². The summed E-state index contributed by atoms with van der Waals surface area (Å²) in [6.07, 6.45) is -3.07. The molecule has 0 bridgehead atoms.